The van der Waals surface area contributed by atoms with Crippen LogP contribution in [0.2, 0.25) is 0 Å². The first-order valence-electron chi connectivity index (χ1n) is 6.02. The fourth-order valence-electron chi connectivity index (χ4n) is 1.40. The van der Waals surface area contributed by atoms with Gasteiger partial charge >= 0.3 is 5.97 Å². The number of rotatable bonds is 6. The Hall–Kier alpha value is -2.56. The van der Waals surface area contributed by atoms with E-state index in [2.05, 4.69) is 4.74 Å². The first kappa shape index (κ1) is 15.5. The van der Waals surface area contributed by atoms with Crippen LogP contribution in [0.15, 0.2) is 48.2 Å². The predicted molar refractivity (Wildman–Crippen MR) is 73.8 cm³/mol. The van der Waals surface area contributed by atoms with Gasteiger partial charge in [0.05, 0.1) is 13.7 Å². The molecule has 0 radical (unpaired) electrons. The molecule has 0 unspecified atom stereocenters. The van der Waals surface area contributed by atoms with E-state index in [1.807, 2.05) is 6.07 Å². The summed E-state index contributed by atoms with van der Waals surface area (Å²) in [7, 11) is 1.35. The van der Waals surface area contributed by atoms with Crippen LogP contribution < -0.4 is 0 Å². The summed E-state index contributed by atoms with van der Waals surface area (Å²) in [5.41, 5.74) is 0.539. The minimum atomic E-state index is -0.946. The van der Waals surface area contributed by atoms with E-state index in [1.165, 1.54) is 13.2 Å². The van der Waals surface area contributed by atoms with Gasteiger partial charge in [0.15, 0.2) is 11.5 Å². The number of methoxy groups -OCH3 is 1. The summed E-state index contributed by atoms with van der Waals surface area (Å²) < 4.78 is 9.55. The number of ether oxygens (including phenoxy) is 2. The summed E-state index contributed by atoms with van der Waals surface area (Å²) in [6.07, 6.45) is 2.22. The van der Waals surface area contributed by atoms with Crippen molar-refractivity contribution in [3.63, 3.8) is 0 Å². The maximum absolute atomic E-state index is 11.4. The third kappa shape index (κ3) is 4.28. The van der Waals surface area contributed by atoms with Gasteiger partial charge < -0.3 is 14.6 Å². The van der Waals surface area contributed by atoms with Gasteiger partial charge in [-0.05, 0) is 19.1 Å². The van der Waals surface area contributed by atoms with Crippen molar-refractivity contribution in [2.45, 2.75) is 6.92 Å². The molecule has 0 atom stereocenters. The molecule has 0 amide bonds. The maximum atomic E-state index is 11.4. The Labute approximate surface area is 117 Å². The van der Waals surface area contributed by atoms with Crippen molar-refractivity contribution >= 4 is 17.5 Å². The van der Waals surface area contributed by atoms with Crippen LogP contribution in [0.25, 0.3) is 5.76 Å². The van der Waals surface area contributed by atoms with E-state index in [1.54, 1.807) is 31.2 Å². The summed E-state index contributed by atoms with van der Waals surface area (Å²) >= 11 is 0. The Bertz CT molecular complexity index is 528. The number of aliphatic hydroxyl groups is 1. The zero-order chi connectivity index (χ0) is 15.0. The smallest absolute Gasteiger partial charge is 0.379 e. The number of ketones is 1. The van der Waals surface area contributed by atoms with Crippen molar-refractivity contribution in [2.75, 3.05) is 13.7 Å². The van der Waals surface area contributed by atoms with Crippen LogP contribution in [0.3, 0.4) is 0 Å². The molecule has 1 rings (SSSR count). The van der Waals surface area contributed by atoms with E-state index < -0.39 is 11.8 Å². The van der Waals surface area contributed by atoms with Crippen LogP contribution in [-0.4, -0.2) is 30.6 Å². The highest BCUT2D eigenvalue weighted by molar-refractivity contribution is 6.38. The fraction of sp³-hybridized carbons (Fsp3) is 0.200. The van der Waals surface area contributed by atoms with Crippen LogP contribution in [-0.2, 0) is 19.1 Å². The molecule has 0 saturated carbocycles. The summed E-state index contributed by atoms with van der Waals surface area (Å²) in [6.45, 7) is 1.73. The second-order valence-electron chi connectivity index (χ2n) is 3.70. The van der Waals surface area contributed by atoms with Crippen molar-refractivity contribution in [2.24, 2.45) is 0 Å². The van der Waals surface area contributed by atoms with Gasteiger partial charge in [-0.3, -0.25) is 4.79 Å². The lowest BCUT2D eigenvalue weighted by atomic mass is 10.1. The summed E-state index contributed by atoms with van der Waals surface area (Å²) in [5.74, 6) is -1.81. The molecule has 5 nitrogen and oxygen atoms in total. The van der Waals surface area contributed by atoms with E-state index in [0.29, 0.717) is 5.56 Å². The normalized spacial score (nSPS) is 11.9. The molecule has 0 aliphatic rings. The number of aliphatic hydroxyl groups excluding tert-OH is 1. The number of allylic oxidation sites excluding steroid dienone is 1. The van der Waals surface area contributed by atoms with Gasteiger partial charge in [0, 0.05) is 5.56 Å². The first-order chi connectivity index (χ1) is 9.60. The standard InChI is InChI=1S/C15H16O5/c1-3-20-15(18)12(16)9-10-13(19-2)14(17)11-7-5-4-6-8-11/h4-10,17H,3H2,1-2H3/b10-9+,14-13+. The third-order valence-corrected chi connectivity index (χ3v) is 2.36. The molecular weight excluding hydrogens is 260 g/mol. The van der Waals surface area contributed by atoms with Gasteiger partial charge in [0.2, 0.25) is 0 Å². The molecule has 0 bridgehead atoms. The highest BCUT2D eigenvalue weighted by Gasteiger charge is 2.12. The summed E-state index contributed by atoms with van der Waals surface area (Å²) in [5, 5.41) is 10.0. The number of carbonyl (C=O) groups excluding carboxylic acids is 2. The minimum absolute atomic E-state index is 0.0776. The van der Waals surface area contributed by atoms with Crippen LogP contribution in [0.5, 0.6) is 0 Å². The van der Waals surface area contributed by atoms with Gasteiger partial charge in [0.25, 0.3) is 5.78 Å². The van der Waals surface area contributed by atoms with E-state index in [9.17, 15) is 14.7 Å². The number of hydrogen-bond donors (Lipinski definition) is 1. The lowest BCUT2D eigenvalue weighted by molar-refractivity contribution is -0.151. The van der Waals surface area contributed by atoms with Crippen LogP contribution >= 0.6 is 0 Å². The van der Waals surface area contributed by atoms with Crippen molar-refractivity contribution in [1.82, 2.24) is 0 Å². The second kappa shape index (κ2) is 7.78. The lowest BCUT2D eigenvalue weighted by Gasteiger charge is -2.05. The number of benzene rings is 1. The highest BCUT2D eigenvalue weighted by atomic mass is 16.5. The van der Waals surface area contributed by atoms with Crippen molar-refractivity contribution in [3.05, 3.63) is 53.8 Å². The Morgan fingerprint density at radius 1 is 1.20 bits per heavy atom. The highest BCUT2D eigenvalue weighted by Crippen LogP contribution is 2.16. The largest absolute Gasteiger partial charge is 0.504 e. The Morgan fingerprint density at radius 2 is 1.85 bits per heavy atom. The van der Waals surface area contributed by atoms with Gasteiger partial charge in [-0.15, -0.1) is 0 Å². The van der Waals surface area contributed by atoms with Crippen LogP contribution in [0.4, 0.5) is 0 Å². The van der Waals surface area contributed by atoms with Crippen molar-refractivity contribution < 1.29 is 24.2 Å². The van der Waals surface area contributed by atoms with Crippen molar-refractivity contribution in [1.29, 1.82) is 0 Å². The van der Waals surface area contributed by atoms with E-state index >= 15 is 0 Å². The number of carbonyl (C=O) groups is 2. The molecule has 0 spiro atoms. The number of esters is 1. The molecule has 0 aliphatic heterocycles. The average Bonchev–Trinajstić information content (AvgIpc) is 2.48. The zero-order valence-corrected chi connectivity index (χ0v) is 11.3. The molecular formula is C15H16O5. The maximum Gasteiger partial charge on any atom is 0.379 e. The predicted octanol–water partition coefficient (Wildman–Crippen LogP) is 2.25. The van der Waals surface area contributed by atoms with Crippen LogP contribution in [0.1, 0.15) is 12.5 Å². The van der Waals surface area contributed by atoms with E-state index in [-0.39, 0.29) is 18.1 Å². The molecule has 1 N–H and O–H groups in total. The molecule has 0 heterocycles. The van der Waals surface area contributed by atoms with Gasteiger partial charge in [-0.25, -0.2) is 4.79 Å². The van der Waals surface area contributed by atoms with E-state index in [0.717, 1.165) is 6.08 Å². The quantitative estimate of drug-likeness (QED) is 0.283. The average molecular weight is 276 g/mol. The lowest BCUT2D eigenvalue weighted by Crippen LogP contribution is -2.14. The zero-order valence-electron chi connectivity index (χ0n) is 11.3. The number of hydrogen-bond acceptors (Lipinski definition) is 5. The molecule has 20 heavy (non-hydrogen) atoms. The molecule has 0 fully saturated rings. The Kier molecular flexibility index (Phi) is 6.03. The first-order valence-corrected chi connectivity index (χ1v) is 6.02. The van der Waals surface area contributed by atoms with Gasteiger partial charge in [-0.2, -0.15) is 0 Å². The second-order valence-corrected chi connectivity index (χ2v) is 3.70. The van der Waals surface area contributed by atoms with Gasteiger partial charge in [0.1, 0.15) is 0 Å². The van der Waals surface area contributed by atoms with Gasteiger partial charge in [-0.1, -0.05) is 30.3 Å². The summed E-state index contributed by atoms with van der Waals surface area (Å²) in [6, 6.07) is 8.70. The van der Waals surface area contributed by atoms with Crippen molar-refractivity contribution in [3.8, 4) is 0 Å². The Balaban J connectivity index is 2.92. The summed E-state index contributed by atoms with van der Waals surface area (Å²) in [4.78, 5) is 22.5. The molecule has 0 saturated heterocycles. The molecule has 1 aromatic rings. The monoisotopic (exact) mass is 276 g/mol. The topological polar surface area (TPSA) is 72.8 Å². The molecule has 106 valence electrons. The Morgan fingerprint density at radius 3 is 2.40 bits per heavy atom. The minimum Gasteiger partial charge on any atom is -0.504 e. The molecule has 0 aromatic heterocycles. The SMILES string of the molecule is CCOC(=O)C(=O)/C=C/C(OC)=C(\O)c1ccccc1. The third-order valence-electron chi connectivity index (χ3n) is 2.36. The molecule has 1 aromatic carbocycles. The molecule has 5 heteroatoms. The fourth-order valence-corrected chi connectivity index (χ4v) is 1.40. The van der Waals surface area contributed by atoms with Crippen LogP contribution in [0, 0.1) is 0 Å². The molecule has 0 aliphatic carbocycles. The van der Waals surface area contributed by atoms with E-state index in [4.69, 9.17) is 4.74 Å².